The van der Waals surface area contributed by atoms with Gasteiger partial charge >= 0.3 is 0 Å². The highest BCUT2D eigenvalue weighted by atomic mass is 35.5. The number of hydrogen-bond donors (Lipinski definition) is 2. The lowest BCUT2D eigenvalue weighted by atomic mass is 10.0. The first-order valence-corrected chi connectivity index (χ1v) is 14.9. The van der Waals surface area contributed by atoms with Crippen LogP contribution in [0.4, 0.5) is 0 Å². The summed E-state index contributed by atoms with van der Waals surface area (Å²) < 4.78 is 11.9. The highest BCUT2D eigenvalue weighted by Crippen LogP contribution is 2.29. The molecule has 0 bridgehead atoms. The van der Waals surface area contributed by atoms with Crippen LogP contribution in [0.3, 0.4) is 0 Å². The number of carbonyl (C=O) groups excluding carboxylic acids is 2. The molecule has 43 heavy (non-hydrogen) atoms. The van der Waals surface area contributed by atoms with Crippen molar-refractivity contribution in [2.75, 3.05) is 0 Å². The van der Waals surface area contributed by atoms with Crippen molar-refractivity contribution in [3.8, 4) is 11.5 Å². The summed E-state index contributed by atoms with van der Waals surface area (Å²) in [5, 5.41) is 10.3. The molecule has 2 N–H and O–H groups in total. The summed E-state index contributed by atoms with van der Waals surface area (Å²) in [7, 11) is 0. The van der Waals surface area contributed by atoms with Gasteiger partial charge in [0.1, 0.15) is 24.1 Å². The summed E-state index contributed by atoms with van der Waals surface area (Å²) in [4.78, 5) is 26.2. The fraction of sp³-hybridized carbons (Fsp3) is 0.242. The molecule has 0 aliphatic rings. The molecule has 0 saturated carbocycles. The minimum atomic E-state index is -0.916. The van der Waals surface area contributed by atoms with Crippen LogP contribution >= 0.6 is 34.8 Å². The molecule has 0 saturated heterocycles. The van der Waals surface area contributed by atoms with Gasteiger partial charge in [-0.2, -0.15) is 5.10 Å². The van der Waals surface area contributed by atoms with Crippen molar-refractivity contribution in [3.63, 3.8) is 0 Å². The number of fused-ring (bicyclic) bond motifs is 1. The van der Waals surface area contributed by atoms with Gasteiger partial charge in [0, 0.05) is 15.6 Å². The van der Waals surface area contributed by atoms with Gasteiger partial charge in [0.05, 0.1) is 11.2 Å². The van der Waals surface area contributed by atoms with E-state index < -0.39 is 24.0 Å². The Morgan fingerprint density at radius 1 is 0.860 bits per heavy atom. The normalized spacial score (nSPS) is 12.7. The summed E-state index contributed by atoms with van der Waals surface area (Å²) in [5.41, 5.74) is 4.25. The van der Waals surface area contributed by atoms with Crippen molar-refractivity contribution in [1.82, 2.24) is 10.7 Å². The molecular formula is C33H32Cl3N3O4. The Balaban J connectivity index is 1.47. The van der Waals surface area contributed by atoms with Gasteiger partial charge in [-0.3, -0.25) is 9.59 Å². The fourth-order valence-electron chi connectivity index (χ4n) is 4.32. The lowest BCUT2D eigenvalue weighted by Gasteiger charge is -2.22. The van der Waals surface area contributed by atoms with E-state index in [-0.39, 0.29) is 10.9 Å². The highest BCUT2D eigenvalue weighted by Gasteiger charge is 2.25. The molecular weight excluding hydrogens is 609 g/mol. The third-order valence-corrected chi connectivity index (χ3v) is 7.30. The molecule has 0 fully saturated rings. The summed E-state index contributed by atoms with van der Waals surface area (Å²) >= 11 is 18.1. The van der Waals surface area contributed by atoms with Crippen LogP contribution in [0, 0.1) is 5.92 Å². The zero-order valence-electron chi connectivity index (χ0n) is 23.9. The average Bonchev–Trinajstić information content (AvgIpc) is 2.98. The molecule has 0 aromatic heterocycles. The molecule has 4 aromatic rings. The monoisotopic (exact) mass is 639 g/mol. The predicted octanol–water partition coefficient (Wildman–Crippen LogP) is 7.83. The Labute approximate surface area is 266 Å². The SMILES string of the molecule is CC(C)C[C@H](NC(=O)[C@H](C)Oc1ccc(Cl)cc1Cl)C(=O)N/N=C\c1c(OCc2ccc(Cl)cc2)ccc2ccccc12. The number of halogens is 3. The van der Waals surface area contributed by atoms with Crippen LogP contribution in [0.25, 0.3) is 10.8 Å². The predicted molar refractivity (Wildman–Crippen MR) is 173 cm³/mol. The van der Waals surface area contributed by atoms with E-state index >= 15 is 0 Å². The average molecular weight is 641 g/mol. The standard InChI is InChI=1S/C33H32Cl3N3O4/c1-20(2)16-29(38-32(40)21(3)43-31-15-13-25(35)17-28(31)36)33(41)39-37-18-27-26-7-5-4-6-23(26)10-14-30(27)42-19-22-8-11-24(34)12-9-22/h4-15,17-18,20-21,29H,16,19H2,1-3H3,(H,38,40)(H,39,41)/b37-18-/t21-,29-/m0/s1. The molecule has 0 aliphatic carbocycles. The number of carbonyl (C=O) groups is 2. The second kappa shape index (κ2) is 15.1. The second-order valence-electron chi connectivity index (χ2n) is 10.4. The maximum Gasteiger partial charge on any atom is 0.262 e. The molecule has 0 radical (unpaired) electrons. The number of rotatable bonds is 12. The third kappa shape index (κ3) is 9.10. The first-order valence-electron chi connectivity index (χ1n) is 13.7. The van der Waals surface area contributed by atoms with Crippen molar-refractivity contribution in [2.24, 2.45) is 11.0 Å². The van der Waals surface area contributed by atoms with Gasteiger partial charge in [-0.05, 0) is 72.0 Å². The lowest BCUT2D eigenvalue weighted by Crippen LogP contribution is -2.49. The maximum absolute atomic E-state index is 13.2. The molecule has 224 valence electrons. The topological polar surface area (TPSA) is 89.0 Å². The van der Waals surface area contributed by atoms with Gasteiger partial charge in [-0.1, -0.05) is 91.1 Å². The first kappa shape index (κ1) is 32.1. The molecule has 0 heterocycles. The van der Waals surface area contributed by atoms with Gasteiger partial charge < -0.3 is 14.8 Å². The van der Waals surface area contributed by atoms with Crippen LogP contribution in [0.5, 0.6) is 11.5 Å². The van der Waals surface area contributed by atoms with Crippen molar-refractivity contribution < 1.29 is 19.1 Å². The van der Waals surface area contributed by atoms with E-state index in [0.717, 1.165) is 16.3 Å². The Morgan fingerprint density at radius 3 is 2.28 bits per heavy atom. The molecule has 2 amide bonds. The van der Waals surface area contributed by atoms with Crippen LogP contribution in [0.15, 0.2) is 84.0 Å². The smallest absolute Gasteiger partial charge is 0.262 e. The van der Waals surface area contributed by atoms with Crippen molar-refractivity contribution in [3.05, 3.63) is 105 Å². The van der Waals surface area contributed by atoms with E-state index in [9.17, 15) is 9.59 Å². The Morgan fingerprint density at radius 2 is 1.56 bits per heavy atom. The minimum absolute atomic E-state index is 0.118. The highest BCUT2D eigenvalue weighted by molar-refractivity contribution is 6.35. The first-order chi connectivity index (χ1) is 20.6. The lowest BCUT2D eigenvalue weighted by molar-refractivity contribution is -0.132. The molecule has 0 spiro atoms. The molecule has 4 rings (SSSR count). The molecule has 7 nitrogen and oxygen atoms in total. The zero-order chi connectivity index (χ0) is 30.9. The second-order valence-corrected chi connectivity index (χ2v) is 11.7. The van der Waals surface area contributed by atoms with Crippen LogP contribution in [-0.2, 0) is 16.2 Å². The number of ether oxygens (including phenoxy) is 2. The molecule has 0 unspecified atom stereocenters. The van der Waals surface area contributed by atoms with Crippen LogP contribution in [0.1, 0.15) is 38.3 Å². The van der Waals surface area contributed by atoms with Crippen LogP contribution in [-0.4, -0.2) is 30.2 Å². The van der Waals surface area contributed by atoms with Gasteiger partial charge in [0.15, 0.2) is 6.10 Å². The fourth-order valence-corrected chi connectivity index (χ4v) is 4.90. The van der Waals surface area contributed by atoms with Gasteiger partial charge in [-0.25, -0.2) is 5.43 Å². The van der Waals surface area contributed by atoms with Gasteiger partial charge in [-0.15, -0.1) is 0 Å². The molecule has 0 aliphatic heterocycles. The Bertz CT molecular complexity index is 1610. The van der Waals surface area contributed by atoms with Crippen LogP contribution < -0.4 is 20.2 Å². The van der Waals surface area contributed by atoms with Crippen molar-refractivity contribution in [1.29, 1.82) is 0 Å². The number of hydrogen-bond acceptors (Lipinski definition) is 5. The zero-order valence-corrected chi connectivity index (χ0v) is 26.2. The molecule has 10 heteroatoms. The Hall–Kier alpha value is -3.78. The quantitative estimate of drug-likeness (QED) is 0.122. The van der Waals surface area contributed by atoms with Gasteiger partial charge in [0.2, 0.25) is 0 Å². The van der Waals surface area contributed by atoms with E-state index in [1.165, 1.54) is 6.07 Å². The van der Waals surface area contributed by atoms with E-state index in [0.29, 0.717) is 40.1 Å². The Kier molecular flexibility index (Phi) is 11.3. The van der Waals surface area contributed by atoms with Crippen LogP contribution in [0.2, 0.25) is 15.1 Å². The van der Waals surface area contributed by atoms with E-state index in [2.05, 4.69) is 15.8 Å². The summed E-state index contributed by atoms with van der Waals surface area (Å²) in [5.74, 6) is 0.104. The summed E-state index contributed by atoms with van der Waals surface area (Å²) in [6, 6.07) is 23.0. The number of nitrogens with zero attached hydrogens (tertiary/aromatic N) is 1. The van der Waals surface area contributed by atoms with Crippen molar-refractivity contribution in [2.45, 2.75) is 45.9 Å². The number of nitrogens with one attached hydrogen (secondary N) is 2. The molecule has 4 aromatic carbocycles. The van der Waals surface area contributed by atoms with Crippen molar-refractivity contribution >= 4 is 63.6 Å². The van der Waals surface area contributed by atoms with E-state index in [1.54, 1.807) is 25.3 Å². The number of benzene rings is 4. The van der Waals surface area contributed by atoms with E-state index in [4.69, 9.17) is 44.3 Å². The minimum Gasteiger partial charge on any atom is -0.488 e. The largest absolute Gasteiger partial charge is 0.488 e. The molecule has 2 atom stereocenters. The third-order valence-electron chi connectivity index (χ3n) is 6.51. The van der Waals surface area contributed by atoms with Gasteiger partial charge in [0.25, 0.3) is 11.8 Å². The van der Waals surface area contributed by atoms with E-state index in [1.807, 2.05) is 74.5 Å². The maximum atomic E-state index is 13.2. The summed E-state index contributed by atoms with van der Waals surface area (Å²) in [6.07, 6.45) is 1.03. The summed E-state index contributed by atoms with van der Waals surface area (Å²) in [6.45, 7) is 5.83. The number of amides is 2. The number of hydrazone groups is 1.